The van der Waals surface area contributed by atoms with Crippen molar-refractivity contribution in [1.29, 1.82) is 0 Å². The van der Waals surface area contributed by atoms with Gasteiger partial charge in [0, 0.05) is 31.9 Å². The highest BCUT2D eigenvalue weighted by Gasteiger charge is 2.24. The second-order valence-electron chi connectivity index (χ2n) is 6.82. The first-order chi connectivity index (χ1) is 12.4. The van der Waals surface area contributed by atoms with Crippen LogP contribution in [0.5, 0.6) is 0 Å². The van der Waals surface area contributed by atoms with Crippen LogP contribution in [-0.2, 0) is 31.0 Å². The van der Waals surface area contributed by atoms with Crippen LogP contribution in [0.15, 0.2) is 18.5 Å². The molecule has 9 heteroatoms. The summed E-state index contributed by atoms with van der Waals surface area (Å²) in [6.07, 6.45) is 3.38. The van der Waals surface area contributed by atoms with Crippen LogP contribution in [0.2, 0.25) is 0 Å². The van der Waals surface area contributed by atoms with E-state index in [1.54, 1.807) is 24.3 Å². The zero-order valence-electron chi connectivity index (χ0n) is 15.4. The Balaban J connectivity index is 1.54. The molecule has 3 heterocycles. The molecule has 9 nitrogen and oxygen atoms in total. The number of rotatable bonds is 5. The fraction of sp³-hybridized carbons (Fsp3) is 0.529. The summed E-state index contributed by atoms with van der Waals surface area (Å²) in [6.45, 7) is 6.49. The summed E-state index contributed by atoms with van der Waals surface area (Å²) in [6, 6.07) is 1.76. The van der Waals surface area contributed by atoms with Crippen LogP contribution in [0.4, 0.5) is 4.79 Å². The molecule has 0 fully saturated rings. The number of nitrogens with zero attached hydrogens (tertiary/aromatic N) is 5. The molecule has 3 amide bonds. The highest BCUT2D eigenvalue weighted by molar-refractivity contribution is 5.78. The average Bonchev–Trinajstić information content (AvgIpc) is 3.27. The van der Waals surface area contributed by atoms with Gasteiger partial charge in [-0.05, 0) is 6.07 Å². The van der Waals surface area contributed by atoms with Gasteiger partial charge in [-0.2, -0.15) is 5.10 Å². The largest absolute Gasteiger partial charge is 0.347 e. The number of carbonyl (C=O) groups is 2. The van der Waals surface area contributed by atoms with Crippen molar-refractivity contribution in [3.05, 3.63) is 35.7 Å². The number of amides is 3. The van der Waals surface area contributed by atoms with E-state index >= 15 is 0 Å². The van der Waals surface area contributed by atoms with Crippen LogP contribution < -0.4 is 5.32 Å². The molecule has 0 bridgehead atoms. The Morgan fingerprint density at radius 2 is 2.19 bits per heavy atom. The molecule has 26 heavy (non-hydrogen) atoms. The second kappa shape index (κ2) is 7.59. The van der Waals surface area contributed by atoms with Crippen molar-refractivity contribution >= 4 is 11.9 Å². The molecule has 0 aliphatic carbocycles. The molecule has 1 aliphatic rings. The lowest BCUT2D eigenvalue weighted by molar-refractivity contribution is -0.136. The standard InChI is InChI=1S/C17H25N7O2/c1-12(2)16(25)23-6-7-24-14(10-23)8-13(21-24)9-20-17(26)22(3)11-15-18-4-5-19-15/h4-5,8,12H,6-7,9-11H2,1-3H3,(H,18,19)(H,20,26). The maximum Gasteiger partial charge on any atom is 0.317 e. The van der Waals surface area contributed by atoms with Crippen molar-refractivity contribution in [1.82, 2.24) is 34.9 Å². The average molecular weight is 359 g/mol. The molecule has 0 radical (unpaired) electrons. The van der Waals surface area contributed by atoms with Crippen LogP contribution in [-0.4, -0.2) is 55.1 Å². The van der Waals surface area contributed by atoms with Gasteiger partial charge in [-0.1, -0.05) is 13.8 Å². The first-order valence-electron chi connectivity index (χ1n) is 8.75. The maximum absolute atomic E-state index is 12.2. The van der Waals surface area contributed by atoms with Crippen LogP contribution in [0, 0.1) is 5.92 Å². The number of carbonyl (C=O) groups excluding carboxylic acids is 2. The third-order valence-corrected chi connectivity index (χ3v) is 4.36. The van der Waals surface area contributed by atoms with Crippen LogP contribution in [0.25, 0.3) is 0 Å². The Bertz CT molecular complexity index is 766. The second-order valence-corrected chi connectivity index (χ2v) is 6.82. The van der Waals surface area contributed by atoms with Crippen molar-refractivity contribution in [2.45, 2.75) is 40.0 Å². The SMILES string of the molecule is CC(C)C(=O)N1CCn2nc(CNC(=O)N(C)Cc3ncc[nH]3)cc2C1. The minimum Gasteiger partial charge on any atom is -0.347 e. The van der Waals surface area contributed by atoms with Gasteiger partial charge in [0.2, 0.25) is 5.91 Å². The summed E-state index contributed by atoms with van der Waals surface area (Å²) in [5.41, 5.74) is 1.79. The molecule has 0 unspecified atom stereocenters. The molecular formula is C17H25N7O2. The van der Waals surface area contributed by atoms with Gasteiger partial charge in [0.05, 0.1) is 37.6 Å². The molecule has 140 valence electrons. The summed E-state index contributed by atoms with van der Waals surface area (Å²) < 4.78 is 1.91. The fourth-order valence-electron chi connectivity index (χ4n) is 2.95. The van der Waals surface area contributed by atoms with E-state index in [0.717, 1.165) is 17.2 Å². The maximum atomic E-state index is 12.2. The lowest BCUT2D eigenvalue weighted by Crippen LogP contribution is -2.40. The molecule has 0 aromatic carbocycles. The Kier molecular flexibility index (Phi) is 5.24. The highest BCUT2D eigenvalue weighted by atomic mass is 16.2. The minimum atomic E-state index is -0.191. The van der Waals surface area contributed by atoms with Gasteiger partial charge in [-0.25, -0.2) is 9.78 Å². The third kappa shape index (κ3) is 4.04. The summed E-state index contributed by atoms with van der Waals surface area (Å²) in [4.78, 5) is 34.8. The van der Waals surface area contributed by atoms with Crippen molar-refractivity contribution in [2.75, 3.05) is 13.6 Å². The topological polar surface area (TPSA) is 99.2 Å². The van der Waals surface area contributed by atoms with Crippen LogP contribution in [0.1, 0.15) is 31.1 Å². The number of nitrogens with one attached hydrogen (secondary N) is 2. The molecule has 3 rings (SSSR count). The smallest absolute Gasteiger partial charge is 0.317 e. The number of aromatic amines is 1. The number of aromatic nitrogens is 4. The van der Waals surface area contributed by atoms with Gasteiger partial charge in [0.1, 0.15) is 5.82 Å². The molecule has 0 saturated heterocycles. The summed E-state index contributed by atoms with van der Waals surface area (Å²) >= 11 is 0. The van der Waals surface area contributed by atoms with E-state index in [0.29, 0.717) is 32.7 Å². The number of fused-ring (bicyclic) bond motifs is 1. The van der Waals surface area contributed by atoms with E-state index in [2.05, 4.69) is 20.4 Å². The first-order valence-corrected chi connectivity index (χ1v) is 8.75. The Labute approximate surface area is 152 Å². The van der Waals surface area contributed by atoms with Gasteiger partial charge in [0.25, 0.3) is 0 Å². The predicted molar refractivity (Wildman–Crippen MR) is 94.8 cm³/mol. The van der Waals surface area contributed by atoms with Crippen molar-refractivity contribution < 1.29 is 9.59 Å². The summed E-state index contributed by atoms with van der Waals surface area (Å²) in [7, 11) is 1.71. The molecule has 2 aromatic heterocycles. The summed E-state index contributed by atoms with van der Waals surface area (Å²) in [5.74, 6) is 0.884. The van der Waals surface area contributed by atoms with Crippen molar-refractivity contribution in [3.8, 4) is 0 Å². The summed E-state index contributed by atoms with van der Waals surface area (Å²) in [5, 5.41) is 7.38. The molecule has 0 spiro atoms. The third-order valence-electron chi connectivity index (χ3n) is 4.36. The molecule has 1 aliphatic heterocycles. The normalized spacial score (nSPS) is 13.6. The fourth-order valence-corrected chi connectivity index (χ4v) is 2.95. The van der Waals surface area contributed by atoms with E-state index < -0.39 is 0 Å². The molecule has 2 N–H and O–H groups in total. The van der Waals surface area contributed by atoms with E-state index in [-0.39, 0.29) is 17.9 Å². The number of H-pyrrole nitrogens is 1. The van der Waals surface area contributed by atoms with Gasteiger partial charge >= 0.3 is 6.03 Å². The number of hydrogen-bond acceptors (Lipinski definition) is 4. The Morgan fingerprint density at radius 3 is 2.88 bits per heavy atom. The number of hydrogen-bond donors (Lipinski definition) is 2. The van der Waals surface area contributed by atoms with Crippen molar-refractivity contribution in [2.24, 2.45) is 5.92 Å². The van der Waals surface area contributed by atoms with Gasteiger partial charge in [-0.15, -0.1) is 0 Å². The molecule has 0 atom stereocenters. The lowest BCUT2D eigenvalue weighted by Gasteiger charge is -2.29. The number of urea groups is 1. The van der Waals surface area contributed by atoms with Crippen molar-refractivity contribution in [3.63, 3.8) is 0 Å². The number of imidazole rings is 1. The highest BCUT2D eigenvalue weighted by Crippen LogP contribution is 2.16. The zero-order valence-corrected chi connectivity index (χ0v) is 15.4. The Morgan fingerprint density at radius 1 is 1.38 bits per heavy atom. The lowest BCUT2D eigenvalue weighted by atomic mass is 10.1. The van der Waals surface area contributed by atoms with Crippen LogP contribution >= 0.6 is 0 Å². The van der Waals surface area contributed by atoms with Gasteiger partial charge in [0.15, 0.2) is 0 Å². The van der Waals surface area contributed by atoms with Crippen LogP contribution in [0.3, 0.4) is 0 Å². The molecule has 0 saturated carbocycles. The van der Waals surface area contributed by atoms with E-state index in [9.17, 15) is 9.59 Å². The molecule has 2 aromatic rings. The predicted octanol–water partition coefficient (Wildman–Crippen LogP) is 0.946. The van der Waals surface area contributed by atoms with E-state index in [1.165, 1.54) is 0 Å². The minimum absolute atomic E-state index is 0.00655. The monoisotopic (exact) mass is 359 g/mol. The van der Waals surface area contributed by atoms with E-state index in [4.69, 9.17) is 0 Å². The quantitative estimate of drug-likeness (QED) is 0.830. The first kappa shape index (κ1) is 18.0. The van der Waals surface area contributed by atoms with Gasteiger partial charge in [-0.3, -0.25) is 9.48 Å². The van der Waals surface area contributed by atoms with E-state index in [1.807, 2.05) is 29.5 Å². The Hall–Kier alpha value is -2.84. The zero-order chi connectivity index (χ0) is 18.7. The van der Waals surface area contributed by atoms with Gasteiger partial charge < -0.3 is 20.1 Å². The molecular weight excluding hydrogens is 334 g/mol.